The summed E-state index contributed by atoms with van der Waals surface area (Å²) in [5, 5.41) is 0. The molecule has 0 amide bonds. The monoisotopic (exact) mass is 220 g/mol. The maximum absolute atomic E-state index is 5.68. The molecule has 2 N–H and O–H groups in total. The molecule has 0 aliphatic carbocycles. The Hall–Kier alpha value is -1.06. The normalized spacial score (nSPS) is 22.9. The van der Waals surface area contributed by atoms with Crippen LogP contribution >= 0.6 is 0 Å². The van der Waals surface area contributed by atoms with Crippen molar-refractivity contribution in [1.82, 2.24) is 4.90 Å². The van der Waals surface area contributed by atoms with E-state index < -0.39 is 0 Å². The molecule has 1 aliphatic heterocycles. The molecule has 0 bridgehead atoms. The van der Waals surface area contributed by atoms with Gasteiger partial charge >= 0.3 is 0 Å². The van der Waals surface area contributed by atoms with Gasteiger partial charge in [-0.25, -0.2) is 0 Å². The Balaban J connectivity index is 1.86. The molecule has 2 rings (SSSR count). The zero-order chi connectivity index (χ0) is 11.4. The standard InChI is InChI=1S/C13H20N2O/c1-11(7-13-3-2-6-16-13)9-15-5-4-12(8-14)10-15/h2-3,6-7,12H,4-5,8-10,14H2,1H3/b11-7+/t12-/m0/s1. The summed E-state index contributed by atoms with van der Waals surface area (Å²) >= 11 is 0. The van der Waals surface area contributed by atoms with Crippen LogP contribution in [0.3, 0.4) is 0 Å². The molecule has 0 radical (unpaired) electrons. The van der Waals surface area contributed by atoms with Gasteiger partial charge in [-0.1, -0.05) is 5.57 Å². The van der Waals surface area contributed by atoms with Crippen molar-refractivity contribution in [3.05, 3.63) is 29.7 Å². The van der Waals surface area contributed by atoms with Crippen LogP contribution in [-0.2, 0) is 0 Å². The van der Waals surface area contributed by atoms with Gasteiger partial charge in [0.15, 0.2) is 0 Å². The minimum Gasteiger partial charge on any atom is -0.465 e. The van der Waals surface area contributed by atoms with E-state index in [-0.39, 0.29) is 0 Å². The Morgan fingerprint density at radius 1 is 1.69 bits per heavy atom. The number of hydrogen-bond donors (Lipinski definition) is 1. The smallest absolute Gasteiger partial charge is 0.126 e. The summed E-state index contributed by atoms with van der Waals surface area (Å²) < 4.78 is 5.30. The van der Waals surface area contributed by atoms with Gasteiger partial charge in [0.1, 0.15) is 5.76 Å². The first-order valence-corrected chi connectivity index (χ1v) is 5.91. The average molecular weight is 220 g/mol. The number of likely N-dealkylation sites (tertiary alicyclic amines) is 1. The number of furan rings is 1. The van der Waals surface area contributed by atoms with Crippen molar-refractivity contribution in [2.45, 2.75) is 13.3 Å². The second-order valence-electron chi connectivity index (χ2n) is 4.63. The molecule has 0 aromatic carbocycles. The Labute approximate surface area is 96.9 Å². The molecule has 1 aliphatic rings. The van der Waals surface area contributed by atoms with Gasteiger partial charge in [0, 0.05) is 13.1 Å². The van der Waals surface area contributed by atoms with E-state index in [0.717, 1.165) is 25.4 Å². The van der Waals surface area contributed by atoms with Gasteiger partial charge in [-0.05, 0) is 50.6 Å². The molecule has 0 saturated carbocycles. The number of rotatable bonds is 4. The van der Waals surface area contributed by atoms with Gasteiger partial charge in [0.25, 0.3) is 0 Å². The fourth-order valence-corrected chi connectivity index (χ4v) is 2.26. The van der Waals surface area contributed by atoms with Crippen molar-refractivity contribution in [3.63, 3.8) is 0 Å². The molecule has 2 heterocycles. The molecule has 1 atom stereocenters. The molecule has 1 aromatic heterocycles. The Kier molecular flexibility index (Phi) is 3.80. The number of nitrogens with zero attached hydrogens (tertiary/aromatic N) is 1. The van der Waals surface area contributed by atoms with Crippen molar-refractivity contribution in [1.29, 1.82) is 0 Å². The predicted octanol–water partition coefficient (Wildman–Crippen LogP) is 1.96. The SMILES string of the molecule is C/C(=C\c1ccco1)CN1CC[C@@H](CN)C1. The molecule has 0 unspecified atom stereocenters. The summed E-state index contributed by atoms with van der Waals surface area (Å²) in [5.74, 6) is 1.63. The van der Waals surface area contributed by atoms with Gasteiger partial charge in [-0.15, -0.1) is 0 Å². The minimum atomic E-state index is 0.691. The Morgan fingerprint density at radius 2 is 2.56 bits per heavy atom. The van der Waals surface area contributed by atoms with Crippen molar-refractivity contribution in [2.75, 3.05) is 26.2 Å². The second-order valence-corrected chi connectivity index (χ2v) is 4.63. The van der Waals surface area contributed by atoms with Crippen LogP contribution in [0, 0.1) is 5.92 Å². The maximum Gasteiger partial charge on any atom is 0.126 e. The van der Waals surface area contributed by atoms with E-state index in [1.54, 1.807) is 6.26 Å². The summed E-state index contributed by atoms with van der Waals surface area (Å²) in [6.07, 6.45) is 5.06. The highest BCUT2D eigenvalue weighted by Crippen LogP contribution is 2.17. The lowest BCUT2D eigenvalue weighted by Crippen LogP contribution is -2.24. The molecule has 0 spiro atoms. The third kappa shape index (κ3) is 2.97. The maximum atomic E-state index is 5.68. The molecule has 88 valence electrons. The number of hydrogen-bond acceptors (Lipinski definition) is 3. The first-order chi connectivity index (χ1) is 7.78. The minimum absolute atomic E-state index is 0.691. The summed E-state index contributed by atoms with van der Waals surface area (Å²) in [6.45, 7) is 6.30. The molecule has 3 nitrogen and oxygen atoms in total. The van der Waals surface area contributed by atoms with E-state index in [9.17, 15) is 0 Å². The lowest BCUT2D eigenvalue weighted by molar-refractivity contribution is 0.353. The lowest BCUT2D eigenvalue weighted by Gasteiger charge is -2.15. The quantitative estimate of drug-likeness (QED) is 0.843. The average Bonchev–Trinajstić information content (AvgIpc) is 2.89. The van der Waals surface area contributed by atoms with E-state index in [2.05, 4.69) is 17.9 Å². The summed E-state index contributed by atoms with van der Waals surface area (Å²) in [4.78, 5) is 2.46. The van der Waals surface area contributed by atoms with Crippen LogP contribution in [-0.4, -0.2) is 31.1 Å². The zero-order valence-electron chi connectivity index (χ0n) is 9.86. The van der Waals surface area contributed by atoms with E-state index in [1.807, 2.05) is 12.1 Å². The molecular weight excluding hydrogens is 200 g/mol. The van der Waals surface area contributed by atoms with E-state index in [0.29, 0.717) is 5.92 Å². The highest BCUT2D eigenvalue weighted by atomic mass is 16.3. The fraction of sp³-hybridized carbons (Fsp3) is 0.538. The molecule has 1 saturated heterocycles. The van der Waals surface area contributed by atoms with Crippen LogP contribution in [0.5, 0.6) is 0 Å². The Bertz CT molecular complexity index is 343. The van der Waals surface area contributed by atoms with Crippen molar-refractivity contribution in [3.8, 4) is 0 Å². The van der Waals surface area contributed by atoms with Gasteiger partial charge in [0.2, 0.25) is 0 Å². The molecule has 1 fully saturated rings. The van der Waals surface area contributed by atoms with Gasteiger partial charge in [0.05, 0.1) is 6.26 Å². The summed E-state index contributed by atoms with van der Waals surface area (Å²) in [7, 11) is 0. The highest BCUT2D eigenvalue weighted by Gasteiger charge is 2.20. The third-order valence-electron chi connectivity index (χ3n) is 3.11. The zero-order valence-corrected chi connectivity index (χ0v) is 9.86. The van der Waals surface area contributed by atoms with Crippen LogP contribution in [0.2, 0.25) is 0 Å². The highest BCUT2D eigenvalue weighted by molar-refractivity contribution is 5.46. The van der Waals surface area contributed by atoms with Crippen LogP contribution in [0.25, 0.3) is 6.08 Å². The first-order valence-electron chi connectivity index (χ1n) is 5.91. The molecule has 1 aromatic rings. The van der Waals surface area contributed by atoms with E-state index >= 15 is 0 Å². The van der Waals surface area contributed by atoms with Gasteiger partial charge < -0.3 is 10.2 Å². The van der Waals surface area contributed by atoms with E-state index in [1.165, 1.54) is 18.5 Å². The molecular formula is C13H20N2O. The molecule has 16 heavy (non-hydrogen) atoms. The largest absolute Gasteiger partial charge is 0.465 e. The fourth-order valence-electron chi connectivity index (χ4n) is 2.26. The second kappa shape index (κ2) is 5.32. The van der Waals surface area contributed by atoms with Crippen molar-refractivity contribution in [2.24, 2.45) is 11.7 Å². The summed E-state index contributed by atoms with van der Waals surface area (Å²) in [6, 6.07) is 3.90. The number of nitrogens with two attached hydrogens (primary N) is 1. The van der Waals surface area contributed by atoms with Gasteiger partial charge in [-0.3, -0.25) is 4.90 Å². The predicted molar refractivity (Wildman–Crippen MR) is 66.0 cm³/mol. The lowest BCUT2D eigenvalue weighted by atomic mass is 10.1. The third-order valence-corrected chi connectivity index (χ3v) is 3.11. The van der Waals surface area contributed by atoms with Crippen LogP contribution in [0.4, 0.5) is 0 Å². The van der Waals surface area contributed by atoms with Crippen LogP contribution in [0.1, 0.15) is 19.1 Å². The first kappa shape index (κ1) is 11.4. The van der Waals surface area contributed by atoms with E-state index in [4.69, 9.17) is 10.2 Å². The van der Waals surface area contributed by atoms with Crippen molar-refractivity contribution >= 4 is 6.08 Å². The van der Waals surface area contributed by atoms with Crippen LogP contribution in [0.15, 0.2) is 28.4 Å². The van der Waals surface area contributed by atoms with Gasteiger partial charge in [-0.2, -0.15) is 0 Å². The summed E-state index contributed by atoms with van der Waals surface area (Å²) in [5.41, 5.74) is 7.02. The van der Waals surface area contributed by atoms with Crippen LogP contribution < -0.4 is 5.73 Å². The molecule has 3 heteroatoms. The van der Waals surface area contributed by atoms with Crippen molar-refractivity contribution < 1.29 is 4.42 Å². The Morgan fingerprint density at radius 3 is 3.19 bits per heavy atom. The topological polar surface area (TPSA) is 42.4 Å².